The number of carbonyl (C=O) groups excluding carboxylic acids is 1. The van der Waals surface area contributed by atoms with Gasteiger partial charge in [-0.2, -0.15) is 8.78 Å². The molecule has 0 atom stereocenters. The van der Waals surface area contributed by atoms with Gasteiger partial charge in [0.1, 0.15) is 0 Å². The molecule has 2 rings (SSSR count). The van der Waals surface area contributed by atoms with Crippen LogP contribution in [0.15, 0.2) is 18.3 Å². The Kier molecular flexibility index (Phi) is 5.44. The molecule has 0 bridgehead atoms. The summed E-state index contributed by atoms with van der Waals surface area (Å²) in [5, 5.41) is 0. The molecule has 7 heteroatoms. The minimum absolute atomic E-state index is 0.183. The van der Waals surface area contributed by atoms with Crippen molar-refractivity contribution in [2.24, 2.45) is 5.92 Å². The molecular formula is C14H18F2N2O3. The summed E-state index contributed by atoms with van der Waals surface area (Å²) < 4.78 is 33.5. The lowest BCUT2D eigenvalue weighted by Crippen LogP contribution is -2.34. The first kappa shape index (κ1) is 15.6. The van der Waals surface area contributed by atoms with E-state index in [4.69, 9.17) is 4.74 Å². The van der Waals surface area contributed by atoms with Crippen molar-refractivity contribution in [2.75, 3.05) is 26.8 Å². The van der Waals surface area contributed by atoms with Crippen LogP contribution < -0.4 is 4.74 Å². The zero-order valence-electron chi connectivity index (χ0n) is 11.8. The van der Waals surface area contributed by atoms with Gasteiger partial charge in [0.25, 0.3) is 5.91 Å². The average Bonchev–Trinajstić information content (AvgIpc) is 2.47. The standard InChI is InChI=1S/C14H18F2N2O3/c1-18(9-10-4-6-20-7-5-10)13(19)11-2-3-12(17-8-11)21-14(15)16/h2-3,8,10,14H,4-7,9H2,1H3. The van der Waals surface area contributed by atoms with Gasteiger partial charge in [-0.15, -0.1) is 0 Å². The van der Waals surface area contributed by atoms with Crippen LogP contribution in [0.2, 0.25) is 0 Å². The molecule has 0 unspecified atom stereocenters. The van der Waals surface area contributed by atoms with Gasteiger partial charge in [-0.05, 0) is 24.8 Å². The topological polar surface area (TPSA) is 51.7 Å². The van der Waals surface area contributed by atoms with Crippen molar-refractivity contribution < 1.29 is 23.0 Å². The largest absolute Gasteiger partial charge is 0.417 e. The van der Waals surface area contributed by atoms with Crippen LogP contribution in [0.3, 0.4) is 0 Å². The zero-order chi connectivity index (χ0) is 15.2. The van der Waals surface area contributed by atoms with Crippen molar-refractivity contribution in [3.05, 3.63) is 23.9 Å². The highest BCUT2D eigenvalue weighted by Crippen LogP contribution is 2.17. The van der Waals surface area contributed by atoms with E-state index in [0.717, 1.165) is 26.1 Å². The van der Waals surface area contributed by atoms with Gasteiger partial charge in [0.05, 0.1) is 5.56 Å². The Morgan fingerprint density at radius 3 is 2.76 bits per heavy atom. The van der Waals surface area contributed by atoms with Gasteiger partial charge in [-0.1, -0.05) is 0 Å². The molecule has 0 N–H and O–H groups in total. The molecule has 1 fully saturated rings. The third kappa shape index (κ3) is 4.63. The summed E-state index contributed by atoms with van der Waals surface area (Å²) in [5.41, 5.74) is 0.353. The average molecular weight is 300 g/mol. The molecule has 1 aromatic heterocycles. The SMILES string of the molecule is CN(CC1CCOCC1)C(=O)c1ccc(OC(F)F)nc1. The van der Waals surface area contributed by atoms with Crippen LogP contribution in [0, 0.1) is 5.92 Å². The number of carbonyl (C=O) groups is 1. The normalized spacial score (nSPS) is 16.0. The molecule has 5 nitrogen and oxygen atoms in total. The first-order chi connectivity index (χ1) is 10.1. The van der Waals surface area contributed by atoms with Crippen molar-refractivity contribution >= 4 is 5.91 Å². The van der Waals surface area contributed by atoms with Gasteiger partial charge in [0.15, 0.2) is 0 Å². The maximum absolute atomic E-state index is 12.2. The summed E-state index contributed by atoms with van der Waals surface area (Å²) in [6.45, 7) is -0.811. The van der Waals surface area contributed by atoms with E-state index in [2.05, 4.69) is 9.72 Å². The van der Waals surface area contributed by atoms with Gasteiger partial charge in [-0.25, -0.2) is 4.98 Å². The van der Waals surface area contributed by atoms with Gasteiger partial charge < -0.3 is 14.4 Å². The number of alkyl halides is 2. The molecule has 1 aliphatic heterocycles. The molecule has 0 saturated carbocycles. The molecule has 0 spiro atoms. The fourth-order valence-electron chi connectivity index (χ4n) is 2.29. The second-order valence-corrected chi connectivity index (χ2v) is 5.01. The van der Waals surface area contributed by atoms with Crippen LogP contribution in [-0.4, -0.2) is 49.2 Å². The van der Waals surface area contributed by atoms with Crippen molar-refractivity contribution in [1.82, 2.24) is 9.88 Å². The first-order valence-corrected chi connectivity index (χ1v) is 6.80. The lowest BCUT2D eigenvalue weighted by atomic mass is 10.00. The third-order valence-electron chi connectivity index (χ3n) is 3.41. The van der Waals surface area contributed by atoms with E-state index in [9.17, 15) is 13.6 Å². The highest BCUT2D eigenvalue weighted by molar-refractivity contribution is 5.93. The van der Waals surface area contributed by atoms with Crippen molar-refractivity contribution in [3.8, 4) is 5.88 Å². The quantitative estimate of drug-likeness (QED) is 0.836. The number of amides is 1. The van der Waals surface area contributed by atoms with E-state index in [0.29, 0.717) is 18.0 Å². The van der Waals surface area contributed by atoms with E-state index in [-0.39, 0.29) is 11.8 Å². The monoisotopic (exact) mass is 300 g/mol. The summed E-state index contributed by atoms with van der Waals surface area (Å²) >= 11 is 0. The second-order valence-electron chi connectivity index (χ2n) is 5.01. The predicted octanol–water partition coefficient (Wildman–Crippen LogP) is 2.18. The summed E-state index contributed by atoms with van der Waals surface area (Å²) in [7, 11) is 1.72. The fraction of sp³-hybridized carbons (Fsp3) is 0.571. The maximum Gasteiger partial charge on any atom is 0.388 e. The van der Waals surface area contributed by atoms with Crippen molar-refractivity contribution in [2.45, 2.75) is 19.5 Å². The lowest BCUT2D eigenvalue weighted by molar-refractivity contribution is -0.0528. The number of hydrogen-bond acceptors (Lipinski definition) is 4. The number of rotatable bonds is 5. The molecule has 1 amide bonds. The van der Waals surface area contributed by atoms with Crippen LogP contribution in [-0.2, 0) is 4.74 Å². The Balaban J connectivity index is 1.91. The van der Waals surface area contributed by atoms with Gasteiger partial charge >= 0.3 is 6.61 Å². The van der Waals surface area contributed by atoms with Gasteiger partial charge in [-0.3, -0.25) is 4.79 Å². The van der Waals surface area contributed by atoms with E-state index in [1.54, 1.807) is 11.9 Å². The lowest BCUT2D eigenvalue weighted by Gasteiger charge is -2.27. The Hall–Kier alpha value is -1.76. The van der Waals surface area contributed by atoms with Crippen LogP contribution in [0.1, 0.15) is 23.2 Å². The predicted molar refractivity (Wildman–Crippen MR) is 71.4 cm³/mol. The van der Waals surface area contributed by atoms with Crippen LogP contribution >= 0.6 is 0 Å². The molecule has 2 heterocycles. The number of pyridine rings is 1. The van der Waals surface area contributed by atoms with Crippen LogP contribution in [0.5, 0.6) is 5.88 Å². The maximum atomic E-state index is 12.2. The van der Waals surface area contributed by atoms with E-state index < -0.39 is 6.61 Å². The number of halogens is 2. The minimum Gasteiger partial charge on any atom is -0.417 e. The Bertz CT molecular complexity index is 462. The van der Waals surface area contributed by atoms with Crippen molar-refractivity contribution in [1.29, 1.82) is 0 Å². The number of hydrogen-bond donors (Lipinski definition) is 0. The molecule has 21 heavy (non-hydrogen) atoms. The van der Waals surface area contributed by atoms with Crippen molar-refractivity contribution in [3.63, 3.8) is 0 Å². The van der Waals surface area contributed by atoms with Crippen LogP contribution in [0.25, 0.3) is 0 Å². The molecule has 1 saturated heterocycles. The third-order valence-corrected chi connectivity index (χ3v) is 3.41. The first-order valence-electron chi connectivity index (χ1n) is 6.80. The highest BCUT2D eigenvalue weighted by Gasteiger charge is 2.19. The molecular weight excluding hydrogens is 282 g/mol. The van der Waals surface area contributed by atoms with E-state index in [1.165, 1.54) is 18.3 Å². The Morgan fingerprint density at radius 1 is 1.48 bits per heavy atom. The van der Waals surface area contributed by atoms with E-state index >= 15 is 0 Å². The molecule has 1 aromatic rings. The van der Waals surface area contributed by atoms with Gasteiger partial charge in [0, 0.05) is 39.1 Å². The minimum atomic E-state index is -2.92. The smallest absolute Gasteiger partial charge is 0.388 e. The number of nitrogens with zero attached hydrogens (tertiary/aromatic N) is 2. The Morgan fingerprint density at radius 2 is 2.19 bits per heavy atom. The summed E-state index contributed by atoms with van der Waals surface area (Å²) in [6.07, 6.45) is 3.13. The van der Waals surface area contributed by atoms with Crippen LogP contribution in [0.4, 0.5) is 8.78 Å². The second kappa shape index (κ2) is 7.31. The molecule has 1 aliphatic rings. The molecule has 0 radical (unpaired) electrons. The fourth-order valence-corrected chi connectivity index (χ4v) is 2.29. The summed E-state index contributed by atoms with van der Waals surface area (Å²) in [4.78, 5) is 17.5. The molecule has 0 aromatic carbocycles. The molecule has 116 valence electrons. The van der Waals surface area contributed by atoms with E-state index in [1.807, 2.05) is 0 Å². The highest BCUT2D eigenvalue weighted by atomic mass is 19.3. The number of ether oxygens (including phenoxy) is 2. The van der Waals surface area contributed by atoms with Gasteiger partial charge in [0.2, 0.25) is 5.88 Å². The summed E-state index contributed by atoms with van der Waals surface area (Å²) in [5.74, 6) is 0.0494. The zero-order valence-corrected chi connectivity index (χ0v) is 11.8. The molecule has 0 aliphatic carbocycles. The Labute approximate surface area is 121 Å². The summed E-state index contributed by atoms with van der Waals surface area (Å²) in [6, 6.07) is 2.70. The number of aromatic nitrogens is 1.